The molecule has 0 aromatic heterocycles. The third-order valence-electron chi connectivity index (χ3n) is 7.03. The van der Waals surface area contributed by atoms with E-state index in [1.165, 1.54) is 121 Å². The maximum absolute atomic E-state index is 6.50. The molecule has 1 aromatic carbocycles. The van der Waals surface area contributed by atoms with Crippen molar-refractivity contribution >= 4 is 0 Å². The van der Waals surface area contributed by atoms with E-state index in [1.54, 1.807) is 0 Å². The molecule has 1 atom stereocenters. The average molecular weight is 430 g/mol. The number of nitrogens with two attached hydrogens (primary N) is 1. The summed E-state index contributed by atoms with van der Waals surface area (Å²) in [6, 6.07) is 10.9. The number of hydrogen-bond donors (Lipinski definition) is 1. The lowest BCUT2D eigenvalue weighted by molar-refractivity contribution is 0.290. The van der Waals surface area contributed by atoms with E-state index in [2.05, 4.69) is 51.1 Å². The highest BCUT2D eigenvalue weighted by Gasteiger charge is 2.24. The molecule has 1 unspecified atom stereocenters. The van der Waals surface area contributed by atoms with Crippen LogP contribution in [0.25, 0.3) is 0 Å². The molecule has 0 spiro atoms. The highest BCUT2D eigenvalue weighted by atomic mass is 14.7. The Bertz CT molecular complexity index is 487. The quantitative estimate of drug-likeness (QED) is 0.193. The summed E-state index contributed by atoms with van der Waals surface area (Å²) < 4.78 is 0. The van der Waals surface area contributed by atoms with Crippen molar-refractivity contribution in [3.05, 3.63) is 35.9 Å². The van der Waals surface area contributed by atoms with Gasteiger partial charge in [-0.1, -0.05) is 146 Å². The molecule has 0 bridgehead atoms. The van der Waals surface area contributed by atoms with E-state index >= 15 is 0 Å². The first-order valence-electron chi connectivity index (χ1n) is 13.9. The molecular formula is C30H55N. The fourth-order valence-corrected chi connectivity index (χ4v) is 4.75. The van der Waals surface area contributed by atoms with E-state index in [-0.39, 0.29) is 5.54 Å². The average Bonchev–Trinajstić information content (AvgIpc) is 2.75. The summed E-state index contributed by atoms with van der Waals surface area (Å²) in [5, 5.41) is 0. The Labute approximate surface area is 196 Å². The zero-order chi connectivity index (χ0) is 22.6. The Hall–Kier alpha value is -0.820. The van der Waals surface area contributed by atoms with Crippen LogP contribution in [0.1, 0.15) is 142 Å². The van der Waals surface area contributed by atoms with Gasteiger partial charge in [0.2, 0.25) is 0 Å². The van der Waals surface area contributed by atoms with Gasteiger partial charge in [0, 0.05) is 5.54 Å². The summed E-state index contributed by atoms with van der Waals surface area (Å²) in [6.07, 6.45) is 26.8. The SMILES string of the molecule is CCCCCCCCCCCCCCCCCCCC(Cc1ccccc1)C(C)(C)N. The largest absolute Gasteiger partial charge is 0.325 e. The number of rotatable bonds is 21. The van der Waals surface area contributed by atoms with E-state index in [0.29, 0.717) is 5.92 Å². The first kappa shape index (κ1) is 28.2. The van der Waals surface area contributed by atoms with Crippen molar-refractivity contribution in [2.45, 2.75) is 148 Å². The second kappa shape index (κ2) is 18.7. The Kier molecular flexibility index (Phi) is 17.0. The standard InChI is InChI=1S/C30H55N/c1-4-5-6-7-8-9-10-11-12-13-14-15-16-17-18-19-23-26-29(30(2,3)31)27-28-24-21-20-22-25-28/h20-22,24-25,29H,4-19,23,26-27,31H2,1-3H3. The molecule has 0 aliphatic carbocycles. The highest BCUT2D eigenvalue weighted by Crippen LogP contribution is 2.25. The van der Waals surface area contributed by atoms with Crippen LogP contribution in [0.5, 0.6) is 0 Å². The predicted octanol–water partition coefficient (Wildman–Crippen LogP) is 9.62. The van der Waals surface area contributed by atoms with Crippen LogP contribution in [0.4, 0.5) is 0 Å². The van der Waals surface area contributed by atoms with Crippen molar-refractivity contribution in [2.75, 3.05) is 0 Å². The van der Waals surface area contributed by atoms with Crippen molar-refractivity contribution < 1.29 is 0 Å². The van der Waals surface area contributed by atoms with E-state index in [4.69, 9.17) is 5.73 Å². The maximum Gasteiger partial charge on any atom is 0.0129 e. The maximum atomic E-state index is 6.50. The first-order chi connectivity index (χ1) is 15.0. The van der Waals surface area contributed by atoms with Crippen LogP contribution in [0, 0.1) is 5.92 Å². The summed E-state index contributed by atoms with van der Waals surface area (Å²) >= 11 is 0. The summed E-state index contributed by atoms with van der Waals surface area (Å²) in [6.45, 7) is 6.70. The Balaban J connectivity index is 1.92. The van der Waals surface area contributed by atoms with Gasteiger partial charge < -0.3 is 5.73 Å². The third-order valence-corrected chi connectivity index (χ3v) is 7.03. The lowest BCUT2D eigenvalue weighted by atomic mass is 9.80. The summed E-state index contributed by atoms with van der Waals surface area (Å²) in [5.41, 5.74) is 7.84. The van der Waals surface area contributed by atoms with Crippen molar-refractivity contribution in [1.82, 2.24) is 0 Å². The van der Waals surface area contributed by atoms with Gasteiger partial charge >= 0.3 is 0 Å². The number of hydrogen-bond acceptors (Lipinski definition) is 1. The monoisotopic (exact) mass is 429 g/mol. The molecule has 0 saturated heterocycles. The summed E-state index contributed by atoms with van der Waals surface area (Å²) in [7, 11) is 0. The minimum Gasteiger partial charge on any atom is -0.325 e. The van der Waals surface area contributed by atoms with E-state index in [1.807, 2.05) is 0 Å². The van der Waals surface area contributed by atoms with E-state index < -0.39 is 0 Å². The molecule has 0 heterocycles. The molecule has 0 aliphatic rings. The second-order valence-corrected chi connectivity index (χ2v) is 10.7. The topological polar surface area (TPSA) is 26.0 Å². The first-order valence-corrected chi connectivity index (χ1v) is 13.9. The van der Waals surface area contributed by atoms with E-state index in [0.717, 1.165) is 6.42 Å². The molecular weight excluding hydrogens is 374 g/mol. The molecule has 1 rings (SSSR count). The molecule has 1 aromatic rings. The molecule has 2 N–H and O–H groups in total. The van der Waals surface area contributed by atoms with Gasteiger partial charge in [-0.25, -0.2) is 0 Å². The van der Waals surface area contributed by atoms with Gasteiger partial charge in [0.25, 0.3) is 0 Å². The van der Waals surface area contributed by atoms with Crippen LogP contribution in [-0.2, 0) is 6.42 Å². The van der Waals surface area contributed by atoms with Crippen LogP contribution in [0.15, 0.2) is 30.3 Å². The molecule has 1 heteroatoms. The Morgan fingerprint density at radius 2 is 1.00 bits per heavy atom. The van der Waals surface area contributed by atoms with Gasteiger partial charge in [-0.3, -0.25) is 0 Å². The smallest absolute Gasteiger partial charge is 0.0129 e. The summed E-state index contributed by atoms with van der Waals surface area (Å²) in [4.78, 5) is 0. The fraction of sp³-hybridized carbons (Fsp3) is 0.800. The van der Waals surface area contributed by atoms with E-state index in [9.17, 15) is 0 Å². The molecule has 0 fully saturated rings. The highest BCUT2D eigenvalue weighted by molar-refractivity contribution is 5.16. The molecule has 180 valence electrons. The molecule has 0 saturated carbocycles. The minimum atomic E-state index is -0.0924. The molecule has 1 nitrogen and oxygen atoms in total. The van der Waals surface area contributed by atoms with Gasteiger partial charge in [0.05, 0.1) is 0 Å². The molecule has 0 amide bonds. The number of unbranched alkanes of at least 4 members (excludes halogenated alkanes) is 16. The second-order valence-electron chi connectivity index (χ2n) is 10.7. The summed E-state index contributed by atoms with van der Waals surface area (Å²) in [5.74, 6) is 0.575. The van der Waals surface area contributed by atoms with Gasteiger partial charge in [0.15, 0.2) is 0 Å². The molecule has 0 radical (unpaired) electrons. The zero-order valence-electron chi connectivity index (χ0n) is 21.5. The molecule has 31 heavy (non-hydrogen) atoms. The minimum absolute atomic E-state index is 0.0924. The van der Waals surface area contributed by atoms with Crippen LogP contribution in [-0.4, -0.2) is 5.54 Å². The van der Waals surface area contributed by atoms with Crippen LogP contribution in [0.3, 0.4) is 0 Å². The zero-order valence-corrected chi connectivity index (χ0v) is 21.5. The lowest BCUT2D eigenvalue weighted by Gasteiger charge is -2.31. The van der Waals surface area contributed by atoms with Gasteiger partial charge in [-0.05, 0) is 38.2 Å². The van der Waals surface area contributed by atoms with Crippen molar-refractivity contribution in [3.8, 4) is 0 Å². The van der Waals surface area contributed by atoms with Crippen LogP contribution >= 0.6 is 0 Å². The molecule has 0 aliphatic heterocycles. The van der Waals surface area contributed by atoms with Crippen LogP contribution in [0.2, 0.25) is 0 Å². The lowest BCUT2D eigenvalue weighted by Crippen LogP contribution is -2.42. The van der Waals surface area contributed by atoms with Crippen molar-refractivity contribution in [1.29, 1.82) is 0 Å². The third kappa shape index (κ3) is 16.5. The normalized spacial score (nSPS) is 12.9. The van der Waals surface area contributed by atoms with Gasteiger partial charge in [-0.15, -0.1) is 0 Å². The Morgan fingerprint density at radius 1 is 0.613 bits per heavy atom. The van der Waals surface area contributed by atoms with Gasteiger partial charge in [0.1, 0.15) is 0 Å². The van der Waals surface area contributed by atoms with Crippen LogP contribution < -0.4 is 5.73 Å². The van der Waals surface area contributed by atoms with Crippen molar-refractivity contribution in [2.24, 2.45) is 11.7 Å². The van der Waals surface area contributed by atoms with Crippen molar-refractivity contribution in [3.63, 3.8) is 0 Å². The fourth-order valence-electron chi connectivity index (χ4n) is 4.75. The Morgan fingerprint density at radius 3 is 1.39 bits per heavy atom. The predicted molar refractivity (Wildman–Crippen MR) is 141 cm³/mol. The van der Waals surface area contributed by atoms with Gasteiger partial charge in [-0.2, -0.15) is 0 Å². The number of benzene rings is 1.